The van der Waals surface area contributed by atoms with Crippen LogP contribution in [0, 0.1) is 5.92 Å². The molecule has 2 aliphatic heterocycles. The normalized spacial score (nSPS) is 19.8. The molecule has 1 fully saturated rings. The molecule has 8 nitrogen and oxygen atoms in total. The van der Waals surface area contributed by atoms with Gasteiger partial charge in [0.1, 0.15) is 5.75 Å². The van der Waals surface area contributed by atoms with Gasteiger partial charge in [-0.05, 0) is 56.2 Å². The van der Waals surface area contributed by atoms with E-state index in [-0.39, 0.29) is 35.7 Å². The van der Waals surface area contributed by atoms with Gasteiger partial charge in [-0.3, -0.25) is 9.59 Å². The lowest BCUT2D eigenvalue weighted by atomic mass is 9.97. The number of benzene rings is 2. The van der Waals surface area contributed by atoms with Crippen molar-refractivity contribution < 1.29 is 22.7 Å². The second-order valence-electron chi connectivity index (χ2n) is 7.59. The van der Waals surface area contributed by atoms with Crippen molar-refractivity contribution in [3.05, 3.63) is 47.5 Å². The van der Waals surface area contributed by atoms with Gasteiger partial charge in [0.25, 0.3) is 5.91 Å². The van der Waals surface area contributed by atoms with Crippen LogP contribution in [0.25, 0.3) is 0 Å². The van der Waals surface area contributed by atoms with Gasteiger partial charge in [0.15, 0.2) is 6.10 Å². The summed E-state index contributed by atoms with van der Waals surface area (Å²) in [4.78, 5) is 24.4. The number of rotatable bonds is 4. The molecule has 2 amide bonds. The van der Waals surface area contributed by atoms with Gasteiger partial charge in [-0.1, -0.05) is 17.7 Å². The number of anilines is 2. The summed E-state index contributed by atoms with van der Waals surface area (Å²) in [7, 11) is -3.76. The van der Waals surface area contributed by atoms with Crippen LogP contribution in [0.4, 0.5) is 11.4 Å². The van der Waals surface area contributed by atoms with Gasteiger partial charge >= 0.3 is 0 Å². The largest absolute Gasteiger partial charge is 0.479 e. The summed E-state index contributed by atoms with van der Waals surface area (Å²) in [6.45, 7) is 2.08. The number of nitrogens with one attached hydrogen (secondary N) is 2. The molecule has 2 aromatic rings. The molecule has 1 atom stereocenters. The molecule has 4 rings (SSSR count). The van der Waals surface area contributed by atoms with Crippen molar-refractivity contribution in [2.45, 2.75) is 30.8 Å². The number of carbonyl (C=O) groups is 2. The average Bonchev–Trinajstić information content (AvgIpc) is 2.74. The smallest absolute Gasteiger partial charge is 0.265 e. The summed E-state index contributed by atoms with van der Waals surface area (Å²) in [5.41, 5.74) is 0.945. The van der Waals surface area contributed by atoms with E-state index in [0.717, 1.165) is 0 Å². The third-order valence-electron chi connectivity index (χ3n) is 5.44. The highest BCUT2D eigenvalue weighted by atomic mass is 35.5. The lowest BCUT2D eigenvalue weighted by Crippen LogP contribution is -2.41. The molecule has 10 heteroatoms. The molecular formula is C21H22ClN3O5S. The Kier molecular flexibility index (Phi) is 5.92. The summed E-state index contributed by atoms with van der Waals surface area (Å²) < 4.78 is 33.0. The van der Waals surface area contributed by atoms with Crippen LogP contribution in [0.5, 0.6) is 5.75 Å². The maximum atomic E-state index is 13.1. The number of piperidine rings is 1. The van der Waals surface area contributed by atoms with Gasteiger partial charge in [0.05, 0.1) is 10.6 Å². The molecule has 0 unspecified atom stereocenters. The van der Waals surface area contributed by atoms with Crippen molar-refractivity contribution in [3.63, 3.8) is 0 Å². The zero-order valence-electron chi connectivity index (χ0n) is 16.8. The third kappa shape index (κ3) is 4.53. The maximum Gasteiger partial charge on any atom is 0.265 e. The van der Waals surface area contributed by atoms with E-state index < -0.39 is 16.1 Å². The van der Waals surface area contributed by atoms with Crippen molar-refractivity contribution in [2.75, 3.05) is 23.7 Å². The molecule has 2 heterocycles. The zero-order chi connectivity index (χ0) is 22.2. The monoisotopic (exact) mass is 463 g/mol. The lowest BCUT2D eigenvalue weighted by Gasteiger charge is -2.31. The Balaban J connectivity index is 1.42. The molecule has 2 aliphatic rings. The Morgan fingerprint density at radius 1 is 1.19 bits per heavy atom. The fourth-order valence-electron chi connectivity index (χ4n) is 3.67. The van der Waals surface area contributed by atoms with Crippen molar-refractivity contribution in [3.8, 4) is 5.75 Å². The molecular weight excluding hydrogens is 442 g/mol. The summed E-state index contributed by atoms with van der Waals surface area (Å²) in [6.07, 6.45) is 0.189. The Morgan fingerprint density at radius 2 is 1.94 bits per heavy atom. The fourth-order valence-corrected chi connectivity index (χ4v) is 5.35. The van der Waals surface area contributed by atoms with E-state index in [1.165, 1.54) is 16.4 Å². The second kappa shape index (κ2) is 8.49. The maximum absolute atomic E-state index is 13.1. The minimum Gasteiger partial charge on any atom is -0.479 e. The number of amides is 2. The topological polar surface area (TPSA) is 105 Å². The minimum atomic E-state index is -3.76. The van der Waals surface area contributed by atoms with Gasteiger partial charge in [-0.2, -0.15) is 4.31 Å². The average molecular weight is 464 g/mol. The van der Waals surface area contributed by atoms with Gasteiger partial charge in [0.2, 0.25) is 15.9 Å². The second-order valence-corrected chi connectivity index (χ2v) is 9.96. The van der Waals surface area contributed by atoms with Crippen molar-refractivity contribution in [1.82, 2.24) is 4.31 Å². The molecule has 0 saturated carbocycles. The van der Waals surface area contributed by atoms with Crippen LogP contribution in [-0.4, -0.2) is 43.7 Å². The van der Waals surface area contributed by atoms with Gasteiger partial charge < -0.3 is 15.4 Å². The third-order valence-corrected chi connectivity index (χ3v) is 7.57. The van der Waals surface area contributed by atoms with Crippen LogP contribution < -0.4 is 15.4 Å². The summed E-state index contributed by atoms with van der Waals surface area (Å²) in [5, 5.41) is 6.03. The Labute approximate surface area is 185 Å². The molecule has 0 aliphatic carbocycles. The number of hydrogen-bond acceptors (Lipinski definition) is 5. The van der Waals surface area contributed by atoms with E-state index in [1.54, 1.807) is 37.3 Å². The van der Waals surface area contributed by atoms with Crippen molar-refractivity contribution in [1.29, 1.82) is 0 Å². The van der Waals surface area contributed by atoms with Crippen LogP contribution in [0.2, 0.25) is 5.02 Å². The summed E-state index contributed by atoms with van der Waals surface area (Å²) >= 11 is 5.95. The number of nitrogens with zero attached hydrogens (tertiary/aromatic N) is 1. The van der Waals surface area contributed by atoms with Crippen LogP contribution >= 0.6 is 11.6 Å². The van der Waals surface area contributed by atoms with E-state index in [0.29, 0.717) is 35.0 Å². The first kappa shape index (κ1) is 21.6. The number of hydrogen-bond donors (Lipinski definition) is 2. The molecule has 2 aromatic carbocycles. The SMILES string of the molecule is C[C@@H]1Oc2ccc(S(=O)(=O)N3CCC(C(=O)Nc4cccc(Cl)c4)CC3)cc2NC1=O. The predicted molar refractivity (Wildman–Crippen MR) is 117 cm³/mol. The van der Waals surface area contributed by atoms with Gasteiger partial charge in [-0.25, -0.2) is 8.42 Å². The van der Waals surface area contributed by atoms with Gasteiger partial charge in [-0.15, -0.1) is 0 Å². The zero-order valence-corrected chi connectivity index (χ0v) is 18.4. The fraction of sp³-hybridized carbons (Fsp3) is 0.333. The predicted octanol–water partition coefficient (Wildman–Crippen LogP) is 3.10. The number of halogens is 1. The molecule has 31 heavy (non-hydrogen) atoms. The summed E-state index contributed by atoms with van der Waals surface area (Å²) in [5.74, 6) is -0.332. The first-order chi connectivity index (χ1) is 14.7. The van der Waals surface area contributed by atoms with E-state index in [9.17, 15) is 18.0 Å². The molecule has 0 radical (unpaired) electrons. The summed E-state index contributed by atoms with van der Waals surface area (Å²) in [6, 6.07) is 11.3. The quantitative estimate of drug-likeness (QED) is 0.724. The highest BCUT2D eigenvalue weighted by Gasteiger charge is 2.33. The molecule has 0 bridgehead atoms. The molecule has 1 saturated heterocycles. The van der Waals surface area contributed by atoms with Crippen molar-refractivity contribution >= 4 is 44.8 Å². The number of ether oxygens (including phenoxy) is 1. The number of sulfonamides is 1. The Morgan fingerprint density at radius 3 is 2.65 bits per heavy atom. The van der Waals surface area contributed by atoms with E-state index in [4.69, 9.17) is 16.3 Å². The highest BCUT2D eigenvalue weighted by molar-refractivity contribution is 7.89. The minimum absolute atomic E-state index is 0.0755. The van der Waals surface area contributed by atoms with E-state index in [2.05, 4.69) is 10.6 Å². The number of carbonyl (C=O) groups excluding carboxylic acids is 2. The molecule has 0 spiro atoms. The highest BCUT2D eigenvalue weighted by Crippen LogP contribution is 2.33. The van der Waals surface area contributed by atoms with Crippen molar-refractivity contribution in [2.24, 2.45) is 5.92 Å². The van der Waals surface area contributed by atoms with Crippen LogP contribution in [0.3, 0.4) is 0 Å². The number of fused-ring (bicyclic) bond motifs is 1. The van der Waals surface area contributed by atoms with Crippen LogP contribution in [0.15, 0.2) is 47.4 Å². The standard InChI is InChI=1S/C21H22ClN3O5S/c1-13-20(26)24-18-12-17(5-6-19(18)30-13)31(28,29)25-9-7-14(8-10-25)21(27)23-16-4-2-3-15(22)11-16/h2-6,11-14H,7-10H2,1H3,(H,23,27)(H,24,26)/t13-/m0/s1. The Hall–Kier alpha value is -2.62. The Bertz CT molecular complexity index is 1130. The van der Waals surface area contributed by atoms with Gasteiger partial charge in [0, 0.05) is 29.7 Å². The first-order valence-corrected chi connectivity index (χ1v) is 11.7. The molecule has 164 valence electrons. The van der Waals surface area contributed by atoms with E-state index in [1.807, 2.05) is 0 Å². The lowest BCUT2D eigenvalue weighted by molar-refractivity contribution is -0.123. The van der Waals surface area contributed by atoms with Crippen LogP contribution in [-0.2, 0) is 19.6 Å². The van der Waals surface area contributed by atoms with E-state index >= 15 is 0 Å². The molecule has 0 aromatic heterocycles. The van der Waals surface area contributed by atoms with Crippen LogP contribution in [0.1, 0.15) is 19.8 Å². The first-order valence-electron chi connectivity index (χ1n) is 9.92. The molecule has 2 N–H and O–H groups in total.